The highest BCUT2D eigenvalue weighted by atomic mass is 16.3. The lowest BCUT2D eigenvalue weighted by atomic mass is 9.96. The average Bonchev–Trinajstić information content (AvgIpc) is 2.39. The molecule has 0 atom stereocenters. The molecule has 0 unspecified atom stereocenters. The number of nitrogens with two attached hydrogens (primary N) is 1. The van der Waals surface area contributed by atoms with Crippen molar-refractivity contribution in [3.63, 3.8) is 0 Å². The van der Waals surface area contributed by atoms with Gasteiger partial charge >= 0.3 is 0 Å². The largest absolute Gasteiger partial charge is 0.506 e. The molecule has 3 aromatic rings. The predicted molar refractivity (Wildman–Crippen MR) is 70.0 cm³/mol. The van der Waals surface area contributed by atoms with Crippen LogP contribution in [0.25, 0.3) is 21.5 Å². The van der Waals surface area contributed by atoms with Gasteiger partial charge in [0, 0.05) is 22.4 Å². The van der Waals surface area contributed by atoms with Gasteiger partial charge in [-0.2, -0.15) is 5.26 Å². The third-order valence-electron chi connectivity index (χ3n) is 3.06. The highest BCUT2D eigenvalue weighted by Crippen LogP contribution is 2.37. The SMILES string of the molecule is N#Cc1c2ccccc2c(N)c2c(O)cncc12. The summed E-state index contributed by atoms with van der Waals surface area (Å²) in [6, 6.07) is 9.54. The minimum absolute atomic E-state index is 0.00717. The van der Waals surface area contributed by atoms with E-state index in [0.29, 0.717) is 22.0 Å². The summed E-state index contributed by atoms with van der Waals surface area (Å²) in [5, 5.41) is 21.8. The van der Waals surface area contributed by atoms with Crippen molar-refractivity contribution in [3.05, 3.63) is 42.2 Å². The van der Waals surface area contributed by atoms with Gasteiger partial charge in [0.2, 0.25) is 0 Å². The molecule has 0 radical (unpaired) electrons. The van der Waals surface area contributed by atoms with Gasteiger partial charge in [0.25, 0.3) is 0 Å². The number of rotatable bonds is 0. The fourth-order valence-electron chi connectivity index (χ4n) is 2.26. The molecule has 18 heavy (non-hydrogen) atoms. The maximum Gasteiger partial charge on any atom is 0.143 e. The highest BCUT2D eigenvalue weighted by molar-refractivity contribution is 6.15. The van der Waals surface area contributed by atoms with Gasteiger partial charge in [-0.3, -0.25) is 4.98 Å². The Kier molecular flexibility index (Phi) is 2.07. The van der Waals surface area contributed by atoms with E-state index < -0.39 is 0 Å². The zero-order chi connectivity index (χ0) is 12.7. The van der Waals surface area contributed by atoms with Crippen LogP contribution in [0.15, 0.2) is 36.7 Å². The van der Waals surface area contributed by atoms with Gasteiger partial charge in [0.05, 0.1) is 22.8 Å². The van der Waals surface area contributed by atoms with Gasteiger partial charge in [0.15, 0.2) is 0 Å². The molecule has 2 aromatic carbocycles. The van der Waals surface area contributed by atoms with Crippen LogP contribution in [-0.4, -0.2) is 10.1 Å². The normalized spacial score (nSPS) is 10.6. The Hall–Kier alpha value is -2.80. The fraction of sp³-hybridized carbons (Fsp3) is 0. The van der Waals surface area contributed by atoms with Gasteiger partial charge in [-0.25, -0.2) is 0 Å². The van der Waals surface area contributed by atoms with E-state index in [2.05, 4.69) is 11.1 Å². The van der Waals surface area contributed by atoms with Crippen LogP contribution in [-0.2, 0) is 0 Å². The summed E-state index contributed by atoms with van der Waals surface area (Å²) in [5.41, 5.74) is 7.04. The first-order valence-electron chi connectivity index (χ1n) is 5.41. The first-order chi connectivity index (χ1) is 8.74. The number of aromatic nitrogens is 1. The van der Waals surface area contributed by atoms with Crippen molar-refractivity contribution in [2.45, 2.75) is 0 Å². The van der Waals surface area contributed by atoms with E-state index in [0.717, 1.165) is 10.8 Å². The third-order valence-corrected chi connectivity index (χ3v) is 3.06. The molecule has 4 heteroatoms. The van der Waals surface area contributed by atoms with E-state index in [9.17, 15) is 10.4 Å². The molecule has 1 aromatic heterocycles. The summed E-state index contributed by atoms with van der Waals surface area (Å²) in [7, 11) is 0. The molecule has 0 spiro atoms. The highest BCUT2D eigenvalue weighted by Gasteiger charge is 2.14. The van der Waals surface area contributed by atoms with E-state index in [4.69, 9.17) is 5.73 Å². The number of nitrogens with zero attached hydrogens (tertiary/aromatic N) is 2. The van der Waals surface area contributed by atoms with Crippen molar-refractivity contribution in [1.29, 1.82) is 5.26 Å². The molecule has 0 aliphatic carbocycles. The summed E-state index contributed by atoms with van der Waals surface area (Å²) in [6.45, 7) is 0. The van der Waals surface area contributed by atoms with Crippen molar-refractivity contribution in [2.75, 3.05) is 5.73 Å². The summed E-state index contributed by atoms with van der Waals surface area (Å²) < 4.78 is 0. The number of nitrogen functional groups attached to an aromatic ring is 1. The Morgan fingerprint density at radius 2 is 1.83 bits per heavy atom. The third kappa shape index (κ3) is 1.22. The van der Waals surface area contributed by atoms with E-state index in [1.165, 1.54) is 6.20 Å². The first kappa shape index (κ1) is 10.4. The van der Waals surface area contributed by atoms with Crippen molar-refractivity contribution < 1.29 is 5.11 Å². The van der Waals surface area contributed by atoms with Crippen molar-refractivity contribution in [2.24, 2.45) is 0 Å². The maximum atomic E-state index is 9.88. The fourth-order valence-corrected chi connectivity index (χ4v) is 2.26. The van der Waals surface area contributed by atoms with Crippen molar-refractivity contribution in [1.82, 2.24) is 4.98 Å². The molecule has 3 rings (SSSR count). The molecule has 0 amide bonds. The quantitative estimate of drug-likeness (QED) is 0.463. The lowest BCUT2D eigenvalue weighted by molar-refractivity contribution is 0.479. The molecular weight excluding hydrogens is 226 g/mol. The Bertz CT molecular complexity index is 818. The topological polar surface area (TPSA) is 82.9 Å². The number of hydrogen-bond donors (Lipinski definition) is 2. The van der Waals surface area contributed by atoms with Gasteiger partial charge in [-0.15, -0.1) is 0 Å². The molecule has 0 aliphatic heterocycles. The number of aromatic hydroxyl groups is 1. The molecule has 86 valence electrons. The zero-order valence-electron chi connectivity index (χ0n) is 9.38. The Morgan fingerprint density at radius 1 is 1.11 bits per heavy atom. The molecule has 0 aliphatic rings. The van der Waals surface area contributed by atoms with Gasteiger partial charge in [-0.1, -0.05) is 24.3 Å². The number of pyridine rings is 1. The lowest BCUT2D eigenvalue weighted by Gasteiger charge is -2.10. The second-order valence-electron chi connectivity index (χ2n) is 4.03. The van der Waals surface area contributed by atoms with Gasteiger partial charge in [0.1, 0.15) is 11.8 Å². The summed E-state index contributed by atoms with van der Waals surface area (Å²) in [6.07, 6.45) is 2.88. The second-order valence-corrected chi connectivity index (χ2v) is 4.03. The molecule has 0 bridgehead atoms. The standard InChI is InChI=1S/C14H9N3O/c15-5-10-8-3-1-2-4-9(8)14(16)13-11(10)6-17-7-12(13)18/h1-4,6-7,18H,16H2. The maximum absolute atomic E-state index is 9.88. The van der Waals surface area contributed by atoms with Crippen LogP contribution in [0.2, 0.25) is 0 Å². The Balaban J connectivity index is 2.72. The Morgan fingerprint density at radius 3 is 2.56 bits per heavy atom. The van der Waals surface area contributed by atoms with Crippen LogP contribution in [0, 0.1) is 11.3 Å². The number of fused-ring (bicyclic) bond motifs is 2. The van der Waals surface area contributed by atoms with E-state index >= 15 is 0 Å². The van der Waals surface area contributed by atoms with Crippen molar-refractivity contribution in [3.8, 4) is 11.8 Å². The monoisotopic (exact) mass is 235 g/mol. The molecule has 0 fully saturated rings. The van der Waals surface area contributed by atoms with E-state index in [-0.39, 0.29) is 5.75 Å². The molecule has 0 saturated heterocycles. The minimum Gasteiger partial charge on any atom is -0.506 e. The predicted octanol–water partition coefficient (Wildman–Crippen LogP) is 2.55. The van der Waals surface area contributed by atoms with Gasteiger partial charge < -0.3 is 10.8 Å². The number of anilines is 1. The number of nitriles is 1. The number of hydrogen-bond acceptors (Lipinski definition) is 4. The van der Waals surface area contributed by atoms with Crippen LogP contribution in [0.5, 0.6) is 5.75 Å². The molecule has 1 heterocycles. The first-order valence-corrected chi connectivity index (χ1v) is 5.41. The van der Waals surface area contributed by atoms with Crippen LogP contribution in [0.1, 0.15) is 5.56 Å². The van der Waals surface area contributed by atoms with Crippen LogP contribution >= 0.6 is 0 Å². The molecule has 3 N–H and O–H groups in total. The Labute approximate surface area is 103 Å². The van der Waals surface area contributed by atoms with Crippen LogP contribution in [0.3, 0.4) is 0 Å². The summed E-state index contributed by atoms with van der Waals surface area (Å²) in [4.78, 5) is 3.91. The molecule has 0 saturated carbocycles. The summed E-state index contributed by atoms with van der Waals surface area (Å²) in [5.74, 6) is -0.00717. The smallest absolute Gasteiger partial charge is 0.143 e. The summed E-state index contributed by atoms with van der Waals surface area (Å²) >= 11 is 0. The molecular formula is C14H9N3O. The van der Waals surface area contributed by atoms with E-state index in [1.807, 2.05) is 24.3 Å². The second kappa shape index (κ2) is 3.60. The van der Waals surface area contributed by atoms with Crippen LogP contribution < -0.4 is 5.73 Å². The average molecular weight is 235 g/mol. The van der Waals surface area contributed by atoms with Gasteiger partial charge in [-0.05, 0) is 0 Å². The zero-order valence-corrected chi connectivity index (χ0v) is 9.38. The van der Waals surface area contributed by atoms with E-state index in [1.54, 1.807) is 6.20 Å². The van der Waals surface area contributed by atoms with Crippen LogP contribution in [0.4, 0.5) is 5.69 Å². The number of benzene rings is 2. The molecule has 4 nitrogen and oxygen atoms in total. The minimum atomic E-state index is -0.00717. The van der Waals surface area contributed by atoms with Crippen molar-refractivity contribution >= 4 is 27.2 Å². The lowest BCUT2D eigenvalue weighted by Crippen LogP contribution is -1.94.